The van der Waals surface area contributed by atoms with Crippen molar-refractivity contribution in [3.63, 3.8) is 0 Å². The third-order valence-electron chi connectivity index (χ3n) is 4.53. The number of rotatable bonds is 7. The Labute approximate surface area is 134 Å². The molecule has 1 aromatic carbocycles. The highest BCUT2D eigenvalue weighted by molar-refractivity contribution is 5.73. The third-order valence-corrected chi connectivity index (χ3v) is 4.53. The Kier molecular flexibility index (Phi) is 4.96. The average molecular weight is 302 g/mol. The highest BCUT2D eigenvalue weighted by Gasteiger charge is 2.43. The molecule has 3 nitrogen and oxygen atoms in total. The molecule has 1 fully saturated rings. The quantitative estimate of drug-likeness (QED) is 0.811. The van der Waals surface area contributed by atoms with E-state index in [2.05, 4.69) is 62.6 Å². The summed E-state index contributed by atoms with van der Waals surface area (Å²) in [5.41, 5.74) is 2.91. The maximum Gasteiger partial charge on any atom is 0.217 e. The van der Waals surface area contributed by atoms with Crippen LogP contribution in [0.4, 0.5) is 0 Å². The summed E-state index contributed by atoms with van der Waals surface area (Å²) in [5.74, 6) is 0.0400. The van der Waals surface area contributed by atoms with Crippen LogP contribution in [0.1, 0.15) is 58.1 Å². The van der Waals surface area contributed by atoms with Gasteiger partial charge in [-0.3, -0.25) is 4.79 Å². The second-order valence-corrected chi connectivity index (χ2v) is 7.70. The van der Waals surface area contributed by atoms with Crippen molar-refractivity contribution in [3.05, 3.63) is 35.4 Å². The summed E-state index contributed by atoms with van der Waals surface area (Å²) in [7, 11) is 0. The maximum absolute atomic E-state index is 11.3. The summed E-state index contributed by atoms with van der Waals surface area (Å²) in [5, 5.41) is 6.86. The molecule has 2 N–H and O–H groups in total. The summed E-state index contributed by atoms with van der Waals surface area (Å²) in [6.07, 6.45) is 4.52. The van der Waals surface area contributed by atoms with E-state index in [0.717, 1.165) is 12.8 Å². The molecule has 0 heterocycles. The van der Waals surface area contributed by atoms with Crippen molar-refractivity contribution in [3.8, 4) is 0 Å². The molecule has 122 valence electrons. The normalized spacial score (nSPS) is 17.9. The molecule has 1 unspecified atom stereocenters. The van der Waals surface area contributed by atoms with Crippen LogP contribution in [0.25, 0.3) is 0 Å². The summed E-state index contributed by atoms with van der Waals surface area (Å²) in [6.45, 7) is 10.2. The predicted molar refractivity (Wildman–Crippen MR) is 92.0 cm³/mol. The first-order valence-corrected chi connectivity index (χ1v) is 8.32. The lowest BCUT2D eigenvalue weighted by Crippen LogP contribution is -2.49. The molecule has 1 aromatic rings. The molecule has 0 aliphatic heterocycles. The fourth-order valence-electron chi connectivity index (χ4n) is 3.56. The molecule has 1 amide bonds. The highest BCUT2D eigenvalue weighted by atomic mass is 16.1. The van der Waals surface area contributed by atoms with E-state index in [-0.39, 0.29) is 17.0 Å². The predicted octanol–water partition coefficient (Wildman–Crippen LogP) is 3.35. The molecular formula is C19H30N2O. The van der Waals surface area contributed by atoms with Crippen LogP contribution in [0.2, 0.25) is 0 Å². The smallest absolute Gasteiger partial charge is 0.217 e. The van der Waals surface area contributed by atoms with E-state index in [4.69, 9.17) is 0 Å². The van der Waals surface area contributed by atoms with E-state index in [1.807, 2.05) is 0 Å². The average Bonchev–Trinajstić information content (AvgIpc) is 3.09. The zero-order chi connectivity index (χ0) is 16.4. The van der Waals surface area contributed by atoms with E-state index in [9.17, 15) is 4.79 Å². The molecule has 0 radical (unpaired) electrons. The number of aryl methyl sites for hydroxylation is 1. The molecular weight excluding hydrogens is 272 g/mol. The molecule has 3 heteroatoms. The number of carbonyl (C=O) groups excluding carboxylic acids is 1. The van der Waals surface area contributed by atoms with Gasteiger partial charge in [0.05, 0.1) is 0 Å². The minimum Gasteiger partial charge on any atom is -0.351 e. The molecule has 1 aliphatic carbocycles. The van der Waals surface area contributed by atoms with Gasteiger partial charge in [0, 0.05) is 24.0 Å². The largest absolute Gasteiger partial charge is 0.351 e. The fraction of sp³-hybridized carbons (Fsp3) is 0.632. The standard InChI is InChI=1S/C19H30N2O/c1-14-8-6-7-9-17(14)13-19(10-11-19)20-15(2)12-18(4,5)21-16(3)22/h6-9,15,20H,10-13H2,1-5H3,(H,21,22). The van der Waals surface area contributed by atoms with Gasteiger partial charge in [0.2, 0.25) is 5.91 Å². The summed E-state index contributed by atoms with van der Waals surface area (Å²) in [4.78, 5) is 11.3. The van der Waals surface area contributed by atoms with E-state index in [1.54, 1.807) is 6.92 Å². The zero-order valence-electron chi connectivity index (χ0n) is 14.6. The van der Waals surface area contributed by atoms with Crippen LogP contribution in [0, 0.1) is 6.92 Å². The van der Waals surface area contributed by atoms with Crippen LogP contribution >= 0.6 is 0 Å². The first-order valence-electron chi connectivity index (χ1n) is 8.32. The summed E-state index contributed by atoms with van der Waals surface area (Å²) < 4.78 is 0. The highest BCUT2D eigenvalue weighted by Crippen LogP contribution is 2.40. The van der Waals surface area contributed by atoms with Gasteiger partial charge in [-0.25, -0.2) is 0 Å². The Hall–Kier alpha value is -1.35. The number of nitrogens with one attached hydrogen (secondary N) is 2. The SMILES string of the molecule is CC(=O)NC(C)(C)CC(C)NC1(Cc2ccccc2C)CC1. The van der Waals surface area contributed by atoms with E-state index in [0.29, 0.717) is 6.04 Å². The molecule has 2 rings (SSSR count). The lowest BCUT2D eigenvalue weighted by atomic mass is 9.93. The molecule has 1 saturated carbocycles. The van der Waals surface area contributed by atoms with Gasteiger partial charge in [-0.1, -0.05) is 24.3 Å². The molecule has 0 spiro atoms. The maximum atomic E-state index is 11.3. The number of hydrogen-bond donors (Lipinski definition) is 2. The molecule has 0 bridgehead atoms. The molecule has 1 atom stereocenters. The van der Waals surface area contributed by atoms with Crippen LogP contribution < -0.4 is 10.6 Å². The van der Waals surface area contributed by atoms with Gasteiger partial charge in [-0.05, 0) is 64.5 Å². The minimum absolute atomic E-state index is 0.0400. The fourth-order valence-corrected chi connectivity index (χ4v) is 3.56. The van der Waals surface area contributed by atoms with Gasteiger partial charge in [0.25, 0.3) is 0 Å². The number of hydrogen-bond acceptors (Lipinski definition) is 2. The molecule has 22 heavy (non-hydrogen) atoms. The van der Waals surface area contributed by atoms with Crippen molar-refractivity contribution in [2.24, 2.45) is 0 Å². The molecule has 1 aliphatic rings. The van der Waals surface area contributed by atoms with E-state index >= 15 is 0 Å². The lowest BCUT2D eigenvalue weighted by molar-refractivity contribution is -0.120. The van der Waals surface area contributed by atoms with Crippen molar-refractivity contribution < 1.29 is 4.79 Å². The van der Waals surface area contributed by atoms with E-state index < -0.39 is 0 Å². The number of benzene rings is 1. The number of carbonyl (C=O) groups is 1. The van der Waals surface area contributed by atoms with Crippen molar-refractivity contribution in [1.82, 2.24) is 10.6 Å². The van der Waals surface area contributed by atoms with Crippen LogP contribution in [-0.2, 0) is 11.2 Å². The first-order chi connectivity index (χ1) is 10.2. The van der Waals surface area contributed by atoms with Gasteiger partial charge in [-0.2, -0.15) is 0 Å². The van der Waals surface area contributed by atoms with Gasteiger partial charge in [0.15, 0.2) is 0 Å². The van der Waals surface area contributed by atoms with Crippen molar-refractivity contribution in [2.75, 3.05) is 0 Å². The summed E-state index contributed by atoms with van der Waals surface area (Å²) >= 11 is 0. The van der Waals surface area contributed by atoms with Crippen molar-refractivity contribution >= 4 is 5.91 Å². The zero-order valence-corrected chi connectivity index (χ0v) is 14.6. The Bertz CT molecular complexity index is 532. The van der Waals surface area contributed by atoms with Gasteiger partial charge >= 0.3 is 0 Å². The van der Waals surface area contributed by atoms with Crippen molar-refractivity contribution in [2.45, 2.75) is 77.4 Å². The molecule has 0 aromatic heterocycles. The van der Waals surface area contributed by atoms with Crippen LogP contribution in [0.5, 0.6) is 0 Å². The second kappa shape index (κ2) is 6.41. The second-order valence-electron chi connectivity index (χ2n) is 7.70. The van der Waals surface area contributed by atoms with Crippen LogP contribution in [0.15, 0.2) is 24.3 Å². The van der Waals surface area contributed by atoms with Gasteiger partial charge < -0.3 is 10.6 Å². The Morgan fingerprint density at radius 1 is 1.32 bits per heavy atom. The van der Waals surface area contributed by atoms with E-state index in [1.165, 1.54) is 24.0 Å². The van der Waals surface area contributed by atoms with Gasteiger partial charge in [0.1, 0.15) is 0 Å². The van der Waals surface area contributed by atoms with Crippen molar-refractivity contribution in [1.29, 1.82) is 0 Å². The lowest BCUT2D eigenvalue weighted by Gasteiger charge is -2.32. The van der Waals surface area contributed by atoms with Gasteiger partial charge in [-0.15, -0.1) is 0 Å². The Morgan fingerprint density at radius 3 is 2.50 bits per heavy atom. The third kappa shape index (κ3) is 4.84. The minimum atomic E-state index is -0.170. The first kappa shape index (κ1) is 17.0. The summed E-state index contributed by atoms with van der Waals surface area (Å²) in [6, 6.07) is 9.04. The van der Waals surface area contributed by atoms with Crippen LogP contribution in [-0.4, -0.2) is 23.0 Å². The Balaban J connectivity index is 1.92. The molecule has 0 saturated heterocycles. The topological polar surface area (TPSA) is 41.1 Å². The Morgan fingerprint density at radius 2 is 1.95 bits per heavy atom. The van der Waals surface area contributed by atoms with Crippen LogP contribution in [0.3, 0.4) is 0 Å². The number of amides is 1. The monoisotopic (exact) mass is 302 g/mol.